The fourth-order valence-corrected chi connectivity index (χ4v) is 5.04. The Labute approximate surface area is 271 Å². The molecular formula is C30H27BrCl2N4O7. The number of carbonyl (C=O) groups excluding carboxylic acids is 3. The van der Waals surface area contributed by atoms with Gasteiger partial charge in [0.2, 0.25) is 0 Å². The standard InChI is InChI=1S/C30H27BrCl2N4O7/c1-16-27(29(39)42-3)28(36-30(40)35-16)17-5-8-24(25(11-17)41-2)44-15-26(38)37-34-13-19-10-20(31)6-9-23(19)43-14-18-4-7-21(32)12-22(18)33/h4-13,28H,14-15H2,1-3H3,(H,37,38)(H2,35,36,40)/b34-13-/t28-/m1/s1. The van der Waals surface area contributed by atoms with Gasteiger partial charge in [-0.3, -0.25) is 4.79 Å². The van der Waals surface area contributed by atoms with Crippen molar-refractivity contribution < 1.29 is 33.3 Å². The molecule has 14 heteroatoms. The molecular weight excluding hydrogens is 679 g/mol. The summed E-state index contributed by atoms with van der Waals surface area (Å²) in [6, 6.07) is 14.1. The third-order valence-electron chi connectivity index (χ3n) is 6.32. The minimum absolute atomic E-state index is 0.198. The van der Waals surface area contributed by atoms with Crippen LogP contribution in [0.4, 0.5) is 4.79 Å². The number of benzene rings is 3. The van der Waals surface area contributed by atoms with E-state index >= 15 is 0 Å². The second-order valence-electron chi connectivity index (χ2n) is 9.26. The van der Waals surface area contributed by atoms with Gasteiger partial charge in [-0.25, -0.2) is 15.0 Å². The van der Waals surface area contributed by atoms with Crippen molar-refractivity contribution in [2.45, 2.75) is 19.6 Å². The number of esters is 1. The molecule has 3 N–H and O–H groups in total. The van der Waals surface area contributed by atoms with Gasteiger partial charge in [0.15, 0.2) is 18.1 Å². The van der Waals surface area contributed by atoms with E-state index in [0.717, 1.165) is 10.0 Å². The van der Waals surface area contributed by atoms with Gasteiger partial charge in [-0.15, -0.1) is 0 Å². The Kier molecular flexibility index (Phi) is 11.1. The van der Waals surface area contributed by atoms with E-state index in [1.54, 1.807) is 55.5 Å². The monoisotopic (exact) mass is 704 g/mol. The molecule has 44 heavy (non-hydrogen) atoms. The Balaban J connectivity index is 1.39. The van der Waals surface area contributed by atoms with Crippen molar-refractivity contribution in [1.82, 2.24) is 16.1 Å². The molecule has 3 aromatic carbocycles. The van der Waals surface area contributed by atoms with E-state index < -0.39 is 23.9 Å². The number of hydrogen-bond donors (Lipinski definition) is 3. The first-order chi connectivity index (χ1) is 21.1. The third-order valence-corrected chi connectivity index (χ3v) is 7.40. The highest BCUT2D eigenvalue weighted by molar-refractivity contribution is 9.10. The van der Waals surface area contributed by atoms with Gasteiger partial charge >= 0.3 is 12.0 Å². The fraction of sp³-hybridized carbons (Fsp3) is 0.200. The van der Waals surface area contributed by atoms with E-state index in [4.69, 9.17) is 42.1 Å². The van der Waals surface area contributed by atoms with Gasteiger partial charge in [0.05, 0.1) is 32.0 Å². The maximum absolute atomic E-state index is 12.5. The maximum Gasteiger partial charge on any atom is 0.337 e. The Morgan fingerprint density at radius 1 is 1.02 bits per heavy atom. The number of urea groups is 1. The smallest absolute Gasteiger partial charge is 0.337 e. The van der Waals surface area contributed by atoms with Gasteiger partial charge in [-0.2, -0.15) is 5.10 Å². The minimum atomic E-state index is -0.785. The zero-order valence-corrected chi connectivity index (χ0v) is 26.8. The zero-order valence-electron chi connectivity index (χ0n) is 23.7. The lowest BCUT2D eigenvalue weighted by Gasteiger charge is -2.28. The molecule has 0 saturated carbocycles. The maximum atomic E-state index is 12.5. The summed E-state index contributed by atoms with van der Waals surface area (Å²) in [7, 11) is 2.69. The van der Waals surface area contributed by atoms with E-state index in [1.807, 2.05) is 6.07 Å². The molecule has 0 fully saturated rings. The summed E-state index contributed by atoms with van der Waals surface area (Å²) in [6.07, 6.45) is 1.44. The van der Waals surface area contributed by atoms with Crippen molar-refractivity contribution in [2.24, 2.45) is 5.10 Å². The number of ether oxygens (including phenoxy) is 4. The quantitative estimate of drug-likeness (QED) is 0.133. The van der Waals surface area contributed by atoms with Gasteiger partial charge in [0, 0.05) is 31.3 Å². The van der Waals surface area contributed by atoms with Crippen molar-refractivity contribution in [1.29, 1.82) is 0 Å². The molecule has 11 nitrogen and oxygen atoms in total. The van der Waals surface area contributed by atoms with Gasteiger partial charge in [0.1, 0.15) is 12.4 Å². The lowest BCUT2D eigenvalue weighted by Crippen LogP contribution is -2.45. The van der Waals surface area contributed by atoms with Crippen molar-refractivity contribution in [3.8, 4) is 17.2 Å². The number of rotatable bonds is 11. The van der Waals surface area contributed by atoms with E-state index in [-0.39, 0.29) is 30.3 Å². The second-order valence-corrected chi connectivity index (χ2v) is 11.0. The first-order valence-corrected chi connectivity index (χ1v) is 14.5. The Morgan fingerprint density at radius 3 is 2.52 bits per heavy atom. The molecule has 4 rings (SSSR count). The van der Waals surface area contributed by atoms with Crippen LogP contribution in [0, 0.1) is 0 Å². The van der Waals surface area contributed by atoms with E-state index in [2.05, 4.69) is 37.1 Å². The highest BCUT2D eigenvalue weighted by Crippen LogP contribution is 2.34. The fourth-order valence-electron chi connectivity index (χ4n) is 4.20. The van der Waals surface area contributed by atoms with Gasteiger partial charge in [-0.05, 0) is 55.0 Å². The molecule has 0 unspecified atom stereocenters. The van der Waals surface area contributed by atoms with Crippen LogP contribution in [0.1, 0.15) is 29.7 Å². The summed E-state index contributed by atoms with van der Waals surface area (Å²) in [5.74, 6) is -0.0627. The molecule has 1 aliphatic rings. The van der Waals surface area contributed by atoms with Crippen LogP contribution in [0.5, 0.6) is 17.2 Å². The number of hydrogen-bond acceptors (Lipinski definition) is 8. The van der Waals surface area contributed by atoms with Crippen molar-refractivity contribution in [3.05, 3.63) is 97.1 Å². The second kappa shape index (κ2) is 15.0. The number of nitrogens with zero attached hydrogens (tertiary/aromatic N) is 1. The molecule has 0 bridgehead atoms. The van der Waals surface area contributed by atoms with Crippen LogP contribution in [-0.2, 0) is 20.9 Å². The molecule has 0 aromatic heterocycles. The van der Waals surface area contributed by atoms with Crippen LogP contribution in [-0.4, -0.2) is 44.9 Å². The average Bonchev–Trinajstić information content (AvgIpc) is 2.99. The molecule has 1 aliphatic heterocycles. The topological polar surface area (TPSA) is 137 Å². The minimum Gasteiger partial charge on any atom is -0.493 e. The number of allylic oxidation sites excluding steroid dienone is 1. The van der Waals surface area contributed by atoms with Crippen LogP contribution in [0.3, 0.4) is 0 Å². The number of hydrazone groups is 1. The molecule has 0 radical (unpaired) electrons. The van der Waals surface area contributed by atoms with Crippen molar-refractivity contribution in [3.63, 3.8) is 0 Å². The number of carbonyl (C=O) groups is 3. The predicted molar refractivity (Wildman–Crippen MR) is 168 cm³/mol. The Morgan fingerprint density at radius 2 is 1.80 bits per heavy atom. The summed E-state index contributed by atoms with van der Waals surface area (Å²) < 4.78 is 22.7. The summed E-state index contributed by atoms with van der Waals surface area (Å²) in [4.78, 5) is 37.0. The molecule has 3 aromatic rings. The largest absolute Gasteiger partial charge is 0.493 e. The SMILES string of the molecule is COC(=O)C1=C(C)NC(=O)N[C@@H]1c1ccc(OCC(=O)N/N=C\c2cc(Br)ccc2OCc2ccc(Cl)cc2Cl)c(OC)c1. The highest BCUT2D eigenvalue weighted by atomic mass is 79.9. The van der Waals surface area contributed by atoms with Crippen molar-refractivity contribution in [2.75, 3.05) is 20.8 Å². The lowest BCUT2D eigenvalue weighted by molar-refractivity contribution is -0.136. The molecule has 0 spiro atoms. The Bertz CT molecular complexity index is 1650. The summed E-state index contributed by atoms with van der Waals surface area (Å²) in [5, 5.41) is 10.3. The van der Waals surface area contributed by atoms with Crippen LogP contribution < -0.4 is 30.3 Å². The number of halogens is 3. The zero-order chi connectivity index (χ0) is 31.8. The number of methoxy groups -OCH3 is 2. The summed E-state index contributed by atoms with van der Waals surface area (Å²) in [5.41, 5.74) is 4.93. The van der Waals surface area contributed by atoms with Crippen LogP contribution in [0.15, 0.2) is 75.4 Å². The first kappa shape index (κ1) is 32.6. The number of amides is 3. The molecule has 1 atom stereocenters. The number of nitrogens with one attached hydrogen (secondary N) is 3. The Hall–Kier alpha value is -4.26. The van der Waals surface area contributed by atoms with Crippen LogP contribution >= 0.6 is 39.1 Å². The van der Waals surface area contributed by atoms with Crippen LogP contribution in [0.2, 0.25) is 10.0 Å². The lowest BCUT2D eigenvalue weighted by atomic mass is 9.95. The van der Waals surface area contributed by atoms with Crippen LogP contribution in [0.25, 0.3) is 0 Å². The molecule has 0 saturated heterocycles. The van der Waals surface area contributed by atoms with E-state index in [1.165, 1.54) is 20.4 Å². The average molecular weight is 706 g/mol. The first-order valence-electron chi connectivity index (χ1n) is 12.9. The van der Waals surface area contributed by atoms with E-state index in [0.29, 0.717) is 32.6 Å². The van der Waals surface area contributed by atoms with Gasteiger partial charge in [0.25, 0.3) is 5.91 Å². The molecule has 0 aliphatic carbocycles. The third kappa shape index (κ3) is 8.22. The molecule has 1 heterocycles. The predicted octanol–water partition coefficient (Wildman–Crippen LogP) is 5.67. The van der Waals surface area contributed by atoms with Crippen molar-refractivity contribution >= 4 is 63.3 Å². The van der Waals surface area contributed by atoms with Gasteiger partial charge in [-0.1, -0.05) is 51.3 Å². The summed E-state index contributed by atoms with van der Waals surface area (Å²) >= 11 is 15.6. The molecule has 3 amide bonds. The van der Waals surface area contributed by atoms with Gasteiger partial charge < -0.3 is 29.6 Å². The highest BCUT2D eigenvalue weighted by Gasteiger charge is 2.32. The summed E-state index contributed by atoms with van der Waals surface area (Å²) in [6.45, 7) is 1.43. The normalized spacial score (nSPS) is 14.5. The van der Waals surface area contributed by atoms with E-state index in [9.17, 15) is 14.4 Å². The molecule has 230 valence electrons.